The molecule has 25 heavy (non-hydrogen) atoms. The lowest BCUT2D eigenvalue weighted by Crippen LogP contribution is -2.20. The number of rotatable bonds is 2. The van der Waals surface area contributed by atoms with Crippen LogP contribution in [0.2, 0.25) is 0 Å². The molecule has 122 valence electrons. The smallest absolute Gasteiger partial charge is 0.349 e. The van der Waals surface area contributed by atoms with E-state index in [4.69, 9.17) is 4.42 Å². The number of benzene rings is 2. The van der Waals surface area contributed by atoms with Crippen molar-refractivity contribution in [2.75, 3.05) is 5.32 Å². The van der Waals surface area contributed by atoms with Crippen LogP contribution in [0, 0.1) is 6.92 Å². The second-order valence-electron chi connectivity index (χ2n) is 5.85. The SMILES string of the molecule is Cc1ccc2oc(=O)c(C(=O)Nc3ccc4ncccc4c3)cc2c1. The summed E-state index contributed by atoms with van der Waals surface area (Å²) in [6, 6.07) is 16.1. The predicted octanol–water partition coefficient (Wildman–Crippen LogP) is 3.90. The highest BCUT2D eigenvalue weighted by Crippen LogP contribution is 2.19. The fourth-order valence-corrected chi connectivity index (χ4v) is 2.75. The van der Waals surface area contributed by atoms with Crippen molar-refractivity contribution in [3.63, 3.8) is 0 Å². The van der Waals surface area contributed by atoms with E-state index in [1.807, 2.05) is 43.3 Å². The van der Waals surface area contributed by atoms with E-state index in [1.54, 1.807) is 24.4 Å². The molecule has 4 rings (SSSR count). The van der Waals surface area contributed by atoms with Gasteiger partial charge in [-0.3, -0.25) is 9.78 Å². The van der Waals surface area contributed by atoms with E-state index in [0.29, 0.717) is 16.7 Å². The quantitative estimate of drug-likeness (QED) is 0.566. The molecule has 0 saturated carbocycles. The molecule has 2 aromatic heterocycles. The third-order valence-electron chi connectivity index (χ3n) is 3.99. The number of carbonyl (C=O) groups excluding carboxylic acids is 1. The fourth-order valence-electron chi connectivity index (χ4n) is 2.75. The molecule has 1 amide bonds. The number of hydrogen-bond acceptors (Lipinski definition) is 4. The molecule has 0 aliphatic rings. The van der Waals surface area contributed by atoms with Crippen LogP contribution in [-0.2, 0) is 0 Å². The Bertz CT molecular complexity index is 1180. The summed E-state index contributed by atoms with van der Waals surface area (Å²) in [7, 11) is 0. The van der Waals surface area contributed by atoms with Gasteiger partial charge in [-0.2, -0.15) is 0 Å². The number of anilines is 1. The summed E-state index contributed by atoms with van der Waals surface area (Å²) < 4.78 is 5.25. The van der Waals surface area contributed by atoms with Crippen LogP contribution in [0.1, 0.15) is 15.9 Å². The summed E-state index contributed by atoms with van der Waals surface area (Å²) in [5, 5.41) is 4.36. The highest BCUT2D eigenvalue weighted by atomic mass is 16.4. The minimum Gasteiger partial charge on any atom is -0.422 e. The topological polar surface area (TPSA) is 72.2 Å². The van der Waals surface area contributed by atoms with Gasteiger partial charge in [0.1, 0.15) is 11.1 Å². The van der Waals surface area contributed by atoms with Crippen molar-refractivity contribution in [3.05, 3.63) is 82.3 Å². The predicted molar refractivity (Wildman–Crippen MR) is 96.9 cm³/mol. The largest absolute Gasteiger partial charge is 0.422 e. The third-order valence-corrected chi connectivity index (χ3v) is 3.99. The Morgan fingerprint density at radius 2 is 1.92 bits per heavy atom. The standard InChI is InChI=1S/C20H14N2O3/c1-12-4-7-18-14(9-12)11-16(20(24)25-18)19(23)22-15-5-6-17-13(10-15)3-2-8-21-17/h2-11H,1H3,(H,22,23). The summed E-state index contributed by atoms with van der Waals surface area (Å²) in [6.07, 6.45) is 1.71. The lowest BCUT2D eigenvalue weighted by molar-refractivity contribution is 0.102. The Hall–Kier alpha value is -3.47. The van der Waals surface area contributed by atoms with Crippen LogP contribution in [0.3, 0.4) is 0 Å². The third kappa shape index (κ3) is 2.87. The van der Waals surface area contributed by atoms with Crippen molar-refractivity contribution in [1.29, 1.82) is 0 Å². The molecule has 0 fully saturated rings. The molecule has 5 nitrogen and oxygen atoms in total. The van der Waals surface area contributed by atoms with Crippen LogP contribution < -0.4 is 10.9 Å². The maximum atomic E-state index is 12.5. The molecule has 0 radical (unpaired) electrons. The van der Waals surface area contributed by atoms with Gasteiger partial charge in [0.15, 0.2) is 0 Å². The molecule has 0 unspecified atom stereocenters. The molecule has 0 atom stereocenters. The molecular weight excluding hydrogens is 316 g/mol. The maximum absolute atomic E-state index is 12.5. The van der Waals surface area contributed by atoms with Gasteiger partial charge in [0.25, 0.3) is 5.91 Å². The van der Waals surface area contributed by atoms with E-state index < -0.39 is 11.5 Å². The lowest BCUT2D eigenvalue weighted by atomic mass is 10.1. The van der Waals surface area contributed by atoms with E-state index in [9.17, 15) is 9.59 Å². The highest BCUT2D eigenvalue weighted by Gasteiger charge is 2.14. The van der Waals surface area contributed by atoms with Gasteiger partial charge in [-0.1, -0.05) is 17.7 Å². The number of nitrogens with zero attached hydrogens (tertiary/aromatic N) is 1. The molecular formula is C20H14N2O3. The maximum Gasteiger partial charge on any atom is 0.349 e. The van der Waals surface area contributed by atoms with Crippen molar-refractivity contribution < 1.29 is 9.21 Å². The van der Waals surface area contributed by atoms with Gasteiger partial charge in [0.2, 0.25) is 0 Å². The first-order chi connectivity index (χ1) is 12.1. The van der Waals surface area contributed by atoms with Crippen LogP contribution >= 0.6 is 0 Å². The number of fused-ring (bicyclic) bond motifs is 2. The first kappa shape index (κ1) is 15.1. The van der Waals surface area contributed by atoms with Crippen molar-refractivity contribution in [2.45, 2.75) is 6.92 Å². The normalized spacial score (nSPS) is 10.9. The molecule has 4 aromatic rings. The number of nitrogens with one attached hydrogen (secondary N) is 1. The van der Waals surface area contributed by atoms with Crippen molar-refractivity contribution in [2.24, 2.45) is 0 Å². The fraction of sp³-hybridized carbons (Fsp3) is 0.0500. The summed E-state index contributed by atoms with van der Waals surface area (Å²) in [6.45, 7) is 1.94. The summed E-state index contributed by atoms with van der Waals surface area (Å²) in [5.41, 5.74) is 2.23. The van der Waals surface area contributed by atoms with Crippen molar-refractivity contribution in [3.8, 4) is 0 Å². The van der Waals surface area contributed by atoms with Gasteiger partial charge in [0.05, 0.1) is 5.52 Å². The number of amides is 1. The van der Waals surface area contributed by atoms with Gasteiger partial charge in [-0.25, -0.2) is 4.79 Å². The number of pyridine rings is 1. The minimum absolute atomic E-state index is 0.0237. The monoisotopic (exact) mass is 330 g/mol. The van der Waals surface area contributed by atoms with E-state index in [0.717, 1.165) is 16.5 Å². The molecule has 5 heteroatoms. The van der Waals surface area contributed by atoms with Gasteiger partial charge < -0.3 is 9.73 Å². The number of carbonyl (C=O) groups is 1. The summed E-state index contributed by atoms with van der Waals surface area (Å²) in [5.74, 6) is -0.500. The number of hydrogen-bond donors (Lipinski definition) is 1. The molecule has 1 N–H and O–H groups in total. The first-order valence-electron chi connectivity index (χ1n) is 7.81. The molecule has 0 aliphatic carbocycles. The van der Waals surface area contributed by atoms with Crippen molar-refractivity contribution >= 4 is 33.5 Å². The second-order valence-corrected chi connectivity index (χ2v) is 5.85. The Morgan fingerprint density at radius 1 is 1.04 bits per heavy atom. The Kier molecular flexibility index (Phi) is 3.54. The van der Waals surface area contributed by atoms with Crippen LogP contribution in [0.4, 0.5) is 5.69 Å². The molecule has 2 heterocycles. The zero-order valence-corrected chi connectivity index (χ0v) is 13.4. The van der Waals surface area contributed by atoms with Crippen LogP contribution in [-0.4, -0.2) is 10.9 Å². The first-order valence-corrected chi connectivity index (χ1v) is 7.81. The molecule has 2 aromatic carbocycles. The van der Waals surface area contributed by atoms with E-state index in [2.05, 4.69) is 10.3 Å². The number of aromatic nitrogens is 1. The van der Waals surface area contributed by atoms with E-state index in [1.165, 1.54) is 0 Å². The zero-order valence-electron chi connectivity index (χ0n) is 13.4. The van der Waals surface area contributed by atoms with Crippen LogP contribution in [0.5, 0.6) is 0 Å². The zero-order chi connectivity index (χ0) is 17.4. The Labute approximate surface area is 142 Å². The van der Waals surface area contributed by atoms with Gasteiger partial charge >= 0.3 is 5.63 Å². The van der Waals surface area contributed by atoms with Gasteiger partial charge in [0, 0.05) is 22.7 Å². The molecule has 0 saturated heterocycles. The number of aryl methyl sites for hydroxylation is 1. The lowest BCUT2D eigenvalue weighted by Gasteiger charge is -2.06. The highest BCUT2D eigenvalue weighted by molar-refractivity contribution is 6.06. The molecule has 0 spiro atoms. The molecule has 0 aliphatic heterocycles. The van der Waals surface area contributed by atoms with Gasteiger partial charge in [-0.15, -0.1) is 0 Å². The van der Waals surface area contributed by atoms with Crippen LogP contribution in [0.15, 0.2) is 70.0 Å². The van der Waals surface area contributed by atoms with Crippen molar-refractivity contribution in [1.82, 2.24) is 4.98 Å². The average molecular weight is 330 g/mol. The Balaban J connectivity index is 1.71. The van der Waals surface area contributed by atoms with Gasteiger partial charge in [-0.05, 0) is 49.4 Å². The van der Waals surface area contributed by atoms with E-state index in [-0.39, 0.29) is 5.56 Å². The summed E-state index contributed by atoms with van der Waals surface area (Å²) in [4.78, 5) is 28.9. The van der Waals surface area contributed by atoms with Crippen LogP contribution in [0.25, 0.3) is 21.9 Å². The molecule has 0 bridgehead atoms. The van der Waals surface area contributed by atoms with E-state index >= 15 is 0 Å². The average Bonchev–Trinajstić information content (AvgIpc) is 2.61. The minimum atomic E-state index is -0.656. The second kappa shape index (κ2) is 5.87. The summed E-state index contributed by atoms with van der Waals surface area (Å²) >= 11 is 0. The Morgan fingerprint density at radius 3 is 2.80 bits per heavy atom.